The molecule has 4 heteroatoms. The molecule has 3 aromatic carbocycles. The van der Waals surface area contributed by atoms with Crippen molar-refractivity contribution in [3.8, 4) is 0 Å². The monoisotopic (exact) mass is 342 g/mol. The first-order chi connectivity index (χ1) is 12.7. The molecule has 0 saturated carbocycles. The second kappa shape index (κ2) is 5.30. The molecule has 1 aromatic heterocycles. The van der Waals surface area contributed by atoms with Crippen molar-refractivity contribution in [2.45, 2.75) is 5.54 Å². The lowest BCUT2D eigenvalue weighted by Gasteiger charge is -2.29. The van der Waals surface area contributed by atoms with Crippen LogP contribution < -0.4 is 5.32 Å². The number of hydrogen-bond acceptors (Lipinski definition) is 2. The van der Waals surface area contributed by atoms with E-state index in [2.05, 4.69) is 10.3 Å². The molecule has 26 heavy (non-hydrogen) atoms. The quantitative estimate of drug-likeness (QED) is 0.546. The maximum Gasteiger partial charge on any atom is 0.199 e. The summed E-state index contributed by atoms with van der Waals surface area (Å²) in [7, 11) is 0. The number of ketones is 1. The van der Waals surface area contributed by atoms with E-state index in [9.17, 15) is 9.18 Å². The fraction of sp³-hybridized carbons (Fsp3) is 0.0455. The van der Waals surface area contributed by atoms with Crippen molar-refractivity contribution in [3.05, 3.63) is 102 Å². The summed E-state index contributed by atoms with van der Waals surface area (Å²) in [5.41, 5.74) is 2.84. The van der Waals surface area contributed by atoms with Crippen LogP contribution in [0.5, 0.6) is 0 Å². The number of para-hydroxylation sites is 2. The Bertz CT molecular complexity index is 1150. The van der Waals surface area contributed by atoms with Crippen molar-refractivity contribution in [3.63, 3.8) is 0 Å². The summed E-state index contributed by atoms with van der Waals surface area (Å²) in [4.78, 5) is 16.8. The summed E-state index contributed by atoms with van der Waals surface area (Å²) >= 11 is 0. The summed E-state index contributed by atoms with van der Waals surface area (Å²) in [6.07, 6.45) is 1.87. The molecule has 0 amide bonds. The van der Waals surface area contributed by atoms with E-state index in [1.165, 1.54) is 12.1 Å². The van der Waals surface area contributed by atoms with Crippen molar-refractivity contribution in [2.75, 3.05) is 5.32 Å². The van der Waals surface area contributed by atoms with E-state index in [4.69, 9.17) is 0 Å². The van der Waals surface area contributed by atoms with Crippen molar-refractivity contribution < 1.29 is 9.18 Å². The fourth-order valence-electron chi connectivity index (χ4n) is 3.88. The summed E-state index contributed by atoms with van der Waals surface area (Å²) in [5.74, 6) is -0.366. The third-order valence-electron chi connectivity index (χ3n) is 5.10. The van der Waals surface area contributed by atoms with E-state index >= 15 is 0 Å². The van der Waals surface area contributed by atoms with E-state index in [1.807, 2.05) is 54.7 Å². The molecule has 0 bridgehead atoms. The number of H-pyrrole nitrogens is 1. The number of carbonyl (C=O) groups excluding carboxylic acids is 1. The molecule has 0 radical (unpaired) electrons. The minimum Gasteiger partial charge on any atom is -0.365 e. The van der Waals surface area contributed by atoms with Gasteiger partial charge in [-0.15, -0.1) is 0 Å². The van der Waals surface area contributed by atoms with Crippen LogP contribution in [-0.4, -0.2) is 10.8 Å². The highest BCUT2D eigenvalue weighted by molar-refractivity contribution is 6.17. The number of nitrogens with one attached hydrogen (secondary N) is 2. The van der Waals surface area contributed by atoms with Crippen LogP contribution in [0, 0.1) is 5.82 Å². The van der Waals surface area contributed by atoms with Crippen LogP contribution in [0.4, 0.5) is 10.1 Å². The average molecular weight is 342 g/mol. The summed E-state index contributed by atoms with van der Waals surface area (Å²) in [5, 5.41) is 4.40. The highest BCUT2D eigenvalue weighted by Gasteiger charge is 2.49. The number of halogens is 1. The molecule has 0 saturated heterocycles. The van der Waals surface area contributed by atoms with E-state index < -0.39 is 5.54 Å². The lowest BCUT2D eigenvalue weighted by atomic mass is 9.79. The van der Waals surface area contributed by atoms with Gasteiger partial charge in [-0.05, 0) is 35.9 Å². The zero-order valence-corrected chi connectivity index (χ0v) is 13.8. The number of carbonyl (C=O) groups is 1. The van der Waals surface area contributed by atoms with Crippen molar-refractivity contribution in [2.24, 2.45) is 0 Å². The lowest BCUT2D eigenvalue weighted by molar-refractivity contribution is 0.0941. The zero-order valence-electron chi connectivity index (χ0n) is 13.8. The van der Waals surface area contributed by atoms with Gasteiger partial charge in [-0.3, -0.25) is 4.79 Å². The Kier molecular flexibility index (Phi) is 3.04. The number of hydrogen-bond donors (Lipinski definition) is 2. The Labute approximate surface area is 149 Å². The Balaban J connectivity index is 1.83. The van der Waals surface area contributed by atoms with Crippen LogP contribution in [0.15, 0.2) is 79.0 Å². The highest BCUT2D eigenvalue weighted by Crippen LogP contribution is 2.45. The Morgan fingerprint density at radius 3 is 2.38 bits per heavy atom. The molecule has 2 N–H and O–H groups in total. The number of aromatic nitrogens is 1. The maximum absolute atomic E-state index is 13.6. The third-order valence-corrected chi connectivity index (χ3v) is 5.10. The van der Waals surface area contributed by atoms with Gasteiger partial charge in [-0.2, -0.15) is 0 Å². The van der Waals surface area contributed by atoms with E-state index in [1.54, 1.807) is 12.1 Å². The Morgan fingerprint density at radius 1 is 0.846 bits per heavy atom. The molecule has 1 aliphatic rings. The molecule has 4 aromatic rings. The molecule has 0 unspecified atom stereocenters. The van der Waals surface area contributed by atoms with Crippen molar-refractivity contribution in [1.82, 2.24) is 4.98 Å². The van der Waals surface area contributed by atoms with E-state index in [-0.39, 0.29) is 11.6 Å². The first-order valence-corrected chi connectivity index (χ1v) is 8.45. The van der Waals surface area contributed by atoms with Crippen LogP contribution in [0.1, 0.15) is 21.5 Å². The molecule has 2 heterocycles. The molecule has 1 atom stereocenters. The average Bonchev–Trinajstić information content (AvgIpc) is 3.23. The van der Waals surface area contributed by atoms with Gasteiger partial charge >= 0.3 is 0 Å². The number of benzene rings is 3. The predicted molar refractivity (Wildman–Crippen MR) is 99.9 cm³/mol. The molecular formula is C22H15FN2O. The van der Waals surface area contributed by atoms with Gasteiger partial charge in [0.15, 0.2) is 11.3 Å². The van der Waals surface area contributed by atoms with Gasteiger partial charge in [0, 0.05) is 33.9 Å². The minimum atomic E-state index is -1.09. The minimum absolute atomic E-state index is 0.0375. The van der Waals surface area contributed by atoms with Crippen molar-refractivity contribution >= 4 is 22.4 Å². The largest absolute Gasteiger partial charge is 0.365 e. The van der Waals surface area contributed by atoms with Gasteiger partial charge in [0.1, 0.15) is 5.82 Å². The molecule has 0 aliphatic carbocycles. The molecule has 0 fully saturated rings. The van der Waals surface area contributed by atoms with Crippen LogP contribution in [0.25, 0.3) is 10.9 Å². The smallest absolute Gasteiger partial charge is 0.199 e. The third kappa shape index (κ3) is 1.90. The zero-order chi connectivity index (χ0) is 17.7. The first-order valence-electron chi connectivity index (χ1n) is 8.45. The number of rotatable bonds is 2. The van der Waals surface area contributed by atoms with Gasteiger partial charge in [0.2, 0.25) is 0 Å². The number of Topliss-reactive ketones (excluding diaryl/α,β-unsaturated/α-hetero) is 1. The summed E-state index contributed by atoms with van der Waals surface area (Å²) in [6.45, 7) is 0. The van der Waals surface area contributed by atoms with E-state index in [0.717, 1.165) is 22.2 Å². The second-order valence-electron chi connectivity index (χ2n) is 6.50. The Morgan fingerprint density at radius 2 is 1.58 bits per heavy atom. The molecule has 3 nitrogen and oxygen atoms in total. The SMILES string of the molecule is O=C1c2ccccc2N[C@]1(c1ccc(F)cc1)c1c[nH]c2ccccc12. The Hall–Kier alpha value is -3.40. The molecule has 126 valence electrons. The molecule has 5 rings (SSSR count). The van der Waals surface area contributed by atoms with Crippen LogP contribution in [0.3, 0.4) is 0 Å². The summed E-state index contributed by atoms with van der Waals surface area (Å²) < 4.78 is 13.5. The van der Waals surface area contributed by atoms with Gasteiger partial charge in [0.25, 0.3) is 0 Å². The van der Waals surface area contributed by atoms with E-state index in [0.29, 0.717) is 11.1 Å². The first kappa shape index (κ1) is 14.9. The maximum atomic E-state index is 13.6. The number of anilines is 1. The van der Waals surface area contributed by atoms with Gasteiger partial charge in [0.05, 0.1) is 0 Å². The van der Waals surface area contributed by atoms with Gasteiger partial charge in [-0.1, -0.05) is 42.5 Å². The van der Waals surface area contributed by atoms with Crippen LogP contribution >= 0.6 is 0 Å². The van der Waals surface area contributed by atoms with Crippen LogP contribution in [-0.2, 0) is 5.54 Å². The number of fused-ring (bicyclic) bond motifs is 2. The standard InChI is InChI=1S/C22H15FN2O/c23-15-11-9-14(10-12-15)22(18-13-24-19-7-3-1-5-16(18)19)21(26)17-6-2-4-8-20(17)25-22/h1-13,24-25H/t22-/m1/s1. The van der Waals surface area contributed by atoms with Crippen molar-refractivity contribution in [1.29, 1.82) is 0 Å². The molecule has 0 spiro atoms. The molecular weight excluding hydrogens is 327 g/mol. The van der Waals surface area contributed by atoms with Gasteiger partial charge < -0.3 is 10.3 Å². The topological polar surface area (TPSA) is 44.9 Å². The van der Waals surface area contributed by atoms with Gasteiger partial charge in [-0.25, -0.2) is 4.39 Å². The second-order valence-corrected chi connectivity index (χ2v) is 6.50. The highest BCUT2D eigenvalue weighted by atomic mass is 19.1. The summed E-state index contributed by atoms with van der Waals surface area (Å²) in [6, 6.07) is 21.5. The fourth-order valence-corrected chi connectivity index (χ4v) is 3.88. The molecule has 1 aliphatic heterocycles. The predicted octanol–water partition coefficient (Wildman–Crippen LogP) is 4.86. The normalized spacial score (nSPS) is 18.7. The van der Waals surface area contributed by atoms with Crippen LogP contribution in [0.2, 0.25) is 0 Å². The number of aromatic amines is 1. The lowest BCUT2D eigenvalue weighted by Crippen LogP contribution is -2.39.